The van der Waals surface area contributed by atoms with Crippen LogP contribution in [0.25, 0.3) is 17.4 Å². The Bertz CT molecular complexity index is 1920. The Labute approximate surface area is 253 Å². The fourth-order valence-corrected chi connectivity index (χ4v) is 6.17. The minimum absolute atomic E-state index is 0.249. The van der Waals surface area contributed by atoms with Crippen molar-refractivity contribution in [2.75, 3.05) is 14.2 Å². The molecule has 1 atom stereocenters. The van der Waals surface area contributed by atoms with Gasteiger partial charge < -0.3 is 18.6 Å². The van der Waals surface area contributed by atoms with Crippen molar-refractivity contribution >= 4 is 45.3 Å². The Kier molecular flexibility index (Phi) is 8.33. The molecular weight excluding hydrogens is 624 g/mol. The Balaban J connectivity index is 1.67. The predicted octanol–water partition coefficient (Wildman–Crippen LogP) is 5.00. The Morgan fingerprint density at radius 2 is 1.86 bits per heavy atom. The van der Waals surface area contributed by atoms with E-state index < -0.39 is 18.0 Å². The van der Waals surface area contributed by atoms with Crippen LogP contribution in [0.1, 0.15) is 48.5 Å². The number of halogens is 1. The zero-order chi connectivity index (χ0) is 30.1. The van der Waals surface area contributed by atoms with Gasteiger partial charge in [-0.1, -0.05) is 45.5 Å². The number of rotatable bonds is 7. The van der Waals surface area contributed by atoms with Crippen LogP contribution in [-0.4, -0.2) is 36.8 Å². The second-order valence-corrected chi connectivity index (χ2v) is 11.6. The van der Waals surface area contributed by atoms with Gasteiger partial charge in [-0.2, -0.15) is 0 Å². The molecule has 0 spiro atoms. The number of benzene rings is 2. The number of furan rings is 1. The largest absolute Gasteiger partial charge is 0.496 e. The van der Waals surface area contributed by atoms with Crippen LogP contribution in [-0.2, 0) is 14.3 Å². The molecule has 0 unspecified atom stereocenters. The van der Waals surface area contributed by atoms with E-state index in [9.17, 15) is 14.4 Å². The molecule has 216 valence electrons. The first kappa shape index (κ1) is 29.3. The van der Waals surface area contributed by atoms with Gasteiger partial charge in [0.2, 0.25) is 0 Å². The van der Waals surface area contributed by atoms with Crippen molar-refractivity contribution in [2.45, 2.75) is 32.9 Å². The normalized spacial score (nSPS) is 14.9. The van der Waals surface area contributed by atoms with Gasteiger partial charge >= 0.3 is 11.9 Å². The van der Waals surface area contributed by atoms with Crippen molar-refractivity contribution in [3.05, 3.63) is 107 Å². The van der Waals surface area contributed by atoms with Crippen molar-refractivity contribution < 1.29 is 28.2 Å². The van der Waals surface area contributed by atoms with Crippen LogP contribution < -0.4 is 19.6 Å². The Morgan fingerprint density at radius 3 is 2.57 bits per heavy atom. The Morgan fingerprint density at radius 1 is 1.10 bits per heavy atom. The number of aromatic nitrogens is 1. The molecule has 9 nitrogen and oxygen atoms in total. The molecule has 1 aliphatic heterocycles. The number of carbonyl (C=O) groups excluding carboxylic acids is 2. The van der Waals surface area contributed by atoms with Gasteiger partial charge in [0, 0.05) is 21.7 Å². The summed E-state index contributed by atoms with van der Waals surface area (Å²) in [6.45, 7) is 5.25. The number of hydrogen-bond donors (Lipinski definition) is 0. The molecule has 0 fully saturated rings. The van der Waals surface area contributed by atoms with E-state index in [1.165, 1.54) is 30.1 Å². The van der Waals surface area contributed by atoms with Gasteiger partial charge in [0.05, 0.1) is 41.7 Å². The number of allylic oxidation sites excluding steroid dienone is 1. The molecule has 0 aliphatic carbocycles. The summed E-state index contributed by atoms with van der Waals surface area (Å²) in [6.07, 6.45) is 1.25. The van der Waals surface area contributed by atoms with Gasteiger partial charge in [-0.05, 0) is 57.2 Å². The molecule has 0 saturated heterocycles. The molecule has 2 aromatic carbocycles. The molecule has 11 heteroatoms. The molecular formula is C31H27BrN2O7S. The van der Waals surface area contributed by atoms with E-state index in [0.29, 0.717) is 49.0 Å². The van der Waals surface area contributed by atoms with E-state index in [-0.39, 0.29) is 17.2 Å². The van der Waals surface area contributed by atoms with Crippen LogP contribution in [0.15, 0.2) is 84.5 Å². The molecule has 0 N–H and O–H groups in total. The van der Waals surface area contributed by atoms with Crippen molar-refractivity contribution in [1.82, 2.24) is 4.57 Å². The van der Waals surface area contributed by atoms with Crippen LogP contribution in [0, 0.1) is 0 Å². The zero-order valence-electron chi connectivity index (χ0n) is 23.5. The minimum atomic E-state index is -0.846. The van der Waals surface area contributed by atoms with Gasteiger partial charge in [0.25, 0.3) is 5.56 Å². The topological polar surface area (TPSA) is 109 Å². The SMILES string of the molecule is COC(=O)c1ccccc1-c1ccc(/C=c2\sc3n(c2=O)[C@@H](c2cc(Br)ccc2OC)C(C(=O)OC(C)C)=C(C)N=3)o1. The lowest BCUT2D eigenvalue weighted by Crippen LogP contribution is -2.40. The number of ether oxygens (including phenoxy) is 3. The third kappa shape index (κ3) is 5.49. The number of carbonyl (C=O) groups is 2. The van der Waals surface area contributed by atoms with E-state index >= 15 is 0 Å². The standard InChI is InChI=1S/C31H27BrN2O7S/c1-16(2)40-30(37)26-17(3)33-31-34(27(26)22-14-18(32)10-12-23(22)38-4)28(35)25(42-31)15-19-11-13-24(41-19)20-8-6-7-9-21(20)29(36)39-5/h6-16,27H,1-5H3/b25-15-/t27-/m0/s1. The maximum atomic E-state index is 14.0. The van der Waals surface area contributed by atoms with E-state index in [1.54, 1.807) is 69.3 Å². The lowest BCUT2D eigenvalue weighted by atomic mass is 9.95. The molecule has 4 aromatic rings. The van der Waals surface area contributed by atoms with Gasteiger partial charge in [-0.15, -0.1) is 0 Å². The van der Waals surface area contributed by atoms with Crippen LogP contribution in [0.4, 0.5) is 0 Å². The third-order valence-corrected chi connectivity index (χ3v) is 8.04. The highest BCUT2D eigenvalue weighted by Gasteiger charge is 2.35. The molecule has 0 radical (unpaired) electrons. The number of thiazole rings is 1. The zero-order valence-corrected chi connectivity index (χ0v) is 25.9. The smallest absolute Gasteiger partial charge is 0.338 e. The van der Waals surface area contributed by atoms with Gasteiger partial charge in [-0.3, -0.25) is 9.36 Å². The number of nitrogens with zero attached hydrogens (tertiary/aromatic N) is 2. The highest BCUT2D eigenvalue weighted by Crippen LogP contribution is 2.37. The second-order valence-electron chi connectivity index (χ2n) is 9.66. The van der Waals surface area contributed by atoms with Gasteiger partial charge in [-0.25, -0.2) is 14.6 Å². The van der Waals surface area contributed by atoms with E-state index in [0.717, 1.165) is 4.47 Å². The fourth-order valence-electron chi connectivity index (χ4n) is 4.76. The summed E-state index contributed by atoms with van der Waals surface area (Å²) in [5.74, 6) is 0.305. The molecule has 3 heterocycles. The summed E-state index contributed by atoms with van der Waals surface area (Å²) in [6, 6.07) is 15.0. The van der Waals surface area contributed by atoms with Crippen LogP contribution in [0.3, 0.4) is 0 Å². The molecule has 1 aliphatic rings. The van der Waals surface area contributed by atoms with E-state index in [4.69, 9.17) is 18.6 Å². The summed E-state index contributed by atoms with van der Waals surface area (Å²) in [5, 5.41) is 0. The number of hydrogen-bond acceptors (Lipinski definition) is 9. The maximum Gasteiger partial charge on any atom is 0.338 e. The van der Waals surface area contributed by atoms with Crippen molar-refractivity contribution in [3.63, 3.8) is 0 Å². The predicted molar refractivity (Wildman–Crippen MR) is 161 cm³/mol. The van der Waals surface area contributed by atoms with Crippen LogP contribution in [0.2, 0.25) is 0 Å². The average molecular weight is 652 g/mol. The monoisotopic (exact) mass is 650 g/mol. The molecule has 5 rings (SSSR count). The quantitative estimate of drug-likeness (QED) is 0.259. The molecule has 2 aromatic heterocycles. The molecule has 0 amide bonds. The van der Waals surface area contributed by atoms with E-state index in [1.807, 2.05) is 12.1 Å². The molecule has 42 heavy (non-hydrogen) atoms. The first-order valence-electron chi connectivity index (χ1n) is 13.0. The summed E-state index contributed by atoms with van der Waals surface area (Å²) in [4.78, 5) is 44.7. The Hall–Kier alpha value is -4.22. The van der Waals surface area contributed by atoms with Crippen LogP contribution >= 0.6 is 27.3 Å². The number of esters is 2. The third-order valence-electron chi connectivity index (χ3n) is 6.57. The highest BCUT2D eigenvalue weighted by molar-refractivity contribution is 9.10. The van der Waals surface area contributed by atoms with Gasteiger partial charge in [0.1, 0.15) is 23.3 Å². The van der Waals surface area contributed by atoms with Crippen molar-refractivity contribution in [1.29, 1.82) is 0 Å². The van der Waals surface area contributed by atoms with E-state index in [2.05, 4.69) is 20.9 Å². The highest BCUT2D eigenvalue weighted by atomic mass is 79.9. The number of methoxy groups -OCH3 is 2. The fraction of sp³-hybridized carbons (Fsp3) is 0.226. The molecule has 0 saturated carbocycles. The summed E-state index contributed by atoms with van der Waals surface area (Å²) in [5.41, 5.74) is 1.86. The second kappa shape index (κ2) is 11.9. The van der Waals surface area contributed by atoms with Crippen molar-refractivity contribution in [2.24, 2.45) is 4.99 Å². The lowest BCUT2D eigenvalue weighted by Gasteiger charge is -2.26. The first-order chi connectivity index (χ1) is 20.1. The summed E-state index contributed by atoms with van der Waals surface area (Å²) < 4.78 is 24.7. The lowest BCUT2D eigenvalue weighted by molar-refractivity contribution is -0.143. The van der Waals surface area contributed by atoms with Crippen LogP contribution in [0.5, 0.6) is 5.75 Å². The molecule has 0 bridgehead atoms. The number of fused-ring (bicyclic) bond motifs is 1. The van der Waals surface area contributed by atoms with Crippen molar-refractivity contribution in [3.8, 4) is 17.1 Å². The summed E-state index contributed by atoms with van der Waals surface area (Å²) >= 11 is 4.69. The average Bonchev–Trinajstić information content (AvgIpc) is 3.55. The first-order valence-corrected chi connectivity index (χ1v) is 14.6. The minimum Gasteiger partial charge on any atom is -0.496 e. The summed E-state index contributed by atoms with van der Waals surface area (Å²) in [7, 11) is 2.85. The van der Waals surface area contributed by atoms with Gasteiger partial charge in [0.15, 0.2) is 4.80 Å². The maximum absolute atomic E-state index is 14.0.